The molecule has 4 rings (SSSR count). The Kier molecular flexibility index (Phi) is 8.09. The normalized spacial score (nSPS) is 15.3. The standard InChI is InChI=1S/C27H25N3O6S/c1-4-29-26(31)25(37-27(29)28-20-8-12-22(34-2)13-9-20)16-19-7-14-23(24(15-19)35-3)36-17-18-5-10-21(11-6-18)30(32)33/h5-16H,4,17H2,1-3H3/b25-16+,28-27?. The smallest absolute Gasteiger partial charge is 0.269 e. The van der Waals surface area contributed by atoms with Crippen molar-refractivity contribution in [2.75, 3.05) is 20.8 Å². The highest BCUT2D eigenvalue weighted by atomic mass is 32.2. The fourth-order valence-electron chi connectivity index (χ4n) is 3.56. The molecule has 1 amide bonds. The first kappa shape index (κ1) is 25.8. The minimum Gasteiger partial charge on any atom is -0.497 e. The van der Waals surface area contributed by atoms with Gasteiger partial charge in [0.15, 0.2) is 16.7 Å². The highest BCUT2D eigenvalue weighted by Gasteiger charge is 2.32. The summed E-state index contributed by atoms with van der Waals surface area (Å²) in [4.78, 5) is 30.2. The number of benzene rings is 3. The van der Waals surface area contributed by atoms with Crippen molar-refractivity contribution in [3.05, 3.63) is 92.9 Å². The van der Waals surface area contributed by atoms with Crippen LogP contribution in [0, 0.1) is 10.1 Å². The minimum absolute atomic E-state index is 0.0249. The zero-order valence-electron chi connectivity index (χ0n) is 20.5. The zero-order chi connectivity index (χ0) is 26.4. The van der Waals surface area contributed by atoms with Crippen LogP contribution in [0.5, 0.6) is 17.2 Å². The van der Waals surface area contributed by atoms with Gasteiger partial charge in [-0.25, -0.2) is 4.99 Å². The third-order valence-corrected chi connectivity index (χ3v) is 6.54. The van der Waals surface area contributed by atoms with Gasteiger partial charge in [-0.15, -0.1) is 0 Å². The van der Waals surface area contributed by atoms with E-state index in [0.717, 1.165) is 22.6 Å². The molecule has 3 aromatic rings. The number of carbonyl (C=O) groups excluding carboxylic acids is 1. The lowest BCUT2D eigenvalue weighted by Gasteiger charge is -2.12. The summed E-state index contributed by atoms with van der Waals surface area (Å²) in [6.07, 6.45) is 1.80. The summed E-state index contributed by atoms with van der Waals surface area (Å²) in [5, 5.41) is 11.4. The molecule has 0 saturated carbocycles. The van der Waals surface area contributed by atoms with Crippen molar-refractivity contribution in [3.8, 4) is 17.2 Å². The van der Waals surface area contributed by atoms with Crippen molar-refractivity contribution in [2.45, 2.75) is 13.5 Å². The number of nitro benzene ring substituents is 1. The van der Waals surface area contributed by atoms with E-state index in [1.165, 1.54) is 23.9 Å². The number of hydrogen-bond donors (Lipinski definition) is 0. The molecule has 1 aliphatic rings. The molecule has 3 aromatic carbocycles. The van der Waals surface area contributed by atoms with Crippen LogP contribution in [0.4, 0.5) is 11.4 Å². The number of non-ortho nitro benzene ring substituents is 1. The Morgan fingerprint density at radius 3 is 2.35 bits per heavy atom. The van der Waals surface area contributed by atoms with Gasteiger partial charge in [0, 0.05) is 18.7 Å². The molecule has 0 spiro atoms. The van der Waals surface area contributed by atoms with Crippen LogP contribution in [0.25, 0.3) is 6.08 Å². The van der Waals surface area contributed by atoms with Gasteiger partial charge in [-0.1, -0.05) is 6.07 Å². The average molecular weight is 520 g/mol. The lowest BCUT2D eigenvalue weighted by Crippen LogP contribution is -2.28. The van der Waals surface area contributed by atoms with Gasteiger partial charge < -0.3 is 14.2 Å². The Labute approximate surface area is 218 Å². The SMILES string of the molecule is CCN1C(=O)/C(=C\c2ccc(OCc3ccc([N+](=O)[O-])cc3)c(OC)c2)SC1=Nc1ccc(OC)cc1. The Balaban J connectivity index is 1.50. The zero-order valence-corrected chi connectivity index (χ0v) is 21.4. The van der Waals surface area contributed by atoms with E-state index >= 15 is 0 Å². The van der Waals surface area contributed by atoms with E-state index in [1.807, 2.05) is 37.3 Å². The quantitative estimate of drug-likeness (QED) is 0.199. The molecule has 1 saturated heterocycles. The maximum Gasteiger partial charge on any atom is 0.269 e. The summed E-state index contributed by atoms with van der Waals surface area (Å²) in [7, 11) is 3.15. The number of hydrogen-bond acceptors (Lipinski definition) is 8. The van der Waals surface area contributed by atoms with Crippen LogP contribution in [0.15, 0.2) is 76.6 Å². The molecule has 1 aliphatic heterocycles. The van der Waals surface area contributed by atoms with Crippen LogP contribution in [0.1, 0.15) is 18.1 Å². The number of nitrogens with zero attached hydrogens (tertiary/aromatic N) is 3. The van der Waals surface area contributed by atoms with E-state index in [4.69, 9.17) is 14.2 Å². The fraction of sp³-hybridized carbons (Fsp3) is 0.185. The number of methoxy groups -OCH3 is 2. The Bertz CT molecular complexity index is 1350. The fourth-order valence-corrected chi connectivity index (χ4v) is 4.62. The number of amidine groups is 1. The van der Waals surface area contributed by atoms with E-state index < -0.39 is 4.92 Å². The summed E-state index contributed by atoms with van der Waals surface area (Å²) >= 11 is 1.32. The van der Waals surface area contributed by atoms with Crippen LogP contribution in [-0.4, -0.2) is 41.7 Å². The number of ether oxygens (including phenoxy) is 3. The van der Waals surface area contributed by atoms with Gasteiger partial charge in [0.2, 0.25) is 0 Å². The molecule has 1 heterocycles. The van der Waals surface area contributed by atoms with E-state index in [-0.39, 0.29) is 18.2 Å². The summed E-state index contributed by atoms with van der Waals surface area (Å²) in [6, 6.07) is 18.9. The van der Waals surface area contributed by atoms with Gasteiger partial charge in [0.05, 0.1) is 29.7 Å². The molecule has 0 bridgehead atoms. The van der Waals surface area contributed by atoms with Crippen LogP contribution < -0.4 is 14.2 Å². The number of nitro groups is 1. The van der Waals surface area contributed by atoms with E-state index in [9.17, 15) is 14.9 Å². The van der Waals surface area contributed by atoms with Crippen molar-refractivity contribution >= 4 is 40.3 Å². The molecular formula is C27H25N3O6S. The van der Waals surface area contributed by atoms with Gasteiger partial charge in [0.1, 0.15) is 12.4 Å². The first-order valence-electron chi connectivity index (χ1n) is 11.4. The average Bonchev–Trinajstić information content (AvgIpc) is 3.21. The Hall–Kier alpha value is -4.31. The van der Waals surface area contributed by atoms with Crippen molar-refractivity contribution in [1.29, 1.82) is 0 Å². The van der Waals surface area contributed by atoms with Gasteiger partial charge >= 0.3 is 0 Å². The van der Waals surface area contributed by atoms with Gasteiger partial charge in [0.25, 0.3) is 11.6 Å². The molecule has 37 heavy (non-hydrogen) atoms. The second-order valence-electron chi connectivity index (χ2n) is 7.87. The molecule has 0 atom stereocenters. The number of carbonyl (C=O) groups is 1. The molecule has 0 aliphatic carbocycles. The largest absolute Gasteiger partial charge is 0.497 e. The third kappa shape index (κ3) is 6.10. The van der Waals surface area contributed by atoms with Gasteiger partial charge in [-0.3, -0.25) is 19.8 Å². The molecule has 1 fully saturated rings. The van der Waals surface area contributed by atoms with Gasteiger partial charge in [-0.2, -0.15) is 0 Å². The number of rotatable bonds is 9. The molecule has 190 valence electrons. The van der Waals surface area contributed by atoms with Gasteiger partial charge in [-0.05, 0) is 84.4 Å². The lowest BCUT2D eigenvalue weighted by molar-refractivity contribution is -0.384. The topological polar surface area (TPSA) is 104 Å². The summed E-state index contributed by atoms with van der Waals surface area (Å²) < 4.78 is 16.6. The first-order valence-corrected chi connectivity index (χ1v) is 12.2. The number of thioether (sulfide) groups is 1. The first-order chi connectivity index (χ1) is 17.9. The maximum absolute atomic E-state index is 13.0. The Morgan fingerprint density at radius 1 is 1.00 bits per heavy atom. The second-order valence-corrected chi connectivity index (χ2v) is 8.88. The summed E-state index contributed by atoms with van der Waals surface area (Å²) in [5.41, 5.74) is 2.32. The number of amides is 1. The molecule has 0 unspecified atom stereocenters. The van der Waals surface area contributed by atoms with Crippen LogP contribution >= 0.6 is 11.8 Å². The second kappa shape index (κ2) is 11.6. The number of aliphatic imine (C=N–C) groups is 1. The highest BCUT2D eigenvalue weighted by Crippen LogP contribution is 2.36. The van der Waals surface area contributed by atoms with Crippen LogP contribution in [0.2, 0.25) is 0 Å². The predicted molar refractivity (Wildman–Crippen MR) is 143 cm³/mol. The number of likely N-dealkylation sites (N-methyl/N-ethyl adjacent to an activating group) is 1. The molecule has 9 nitrogen and oxygen atoms in total. The van der Waals surface area contributed by atoms with Crippen molar-refractivity contribution in [3.63, 3.8) is 0 Å². The Morgan fingerprint density at radius 2 is 1.73 bits per heavy atom. The maximum atomic E-state index is 13.0. The summed E-state index contributed by atoms with van der Waals surface area (Å²) in [5.74, 6) is 1.65. The highest BCUT2D eigenvalue weighted by molar-refractivity contribution is 8.18. The monoisotopic (exact) mass is 519 g/mol. The molecule has 10 heteroatoms. The van der Waals surface area contributed by atoms with Crippen LogP contribution in [0.3, 0.4) is 0 Å². The van der Waals surface area contributed by atoms with Crippen molar-refractivity contribution in [2.24, 2.45) is 4.99 Å². The van der Waals surface area contributed by atoms with Crippen molar-refractivity contribution < 1.29 is 23.9 Å². The van der Waals surface area contributed by atoms with E-state index in [2.05, 4.69) is 4.99 Å². The van der Waals surface area contributed by atoms with Crippen molar-refractivity contribution in [1.82, 2.24) is 4.90 Å². The molecular weight excluding hydrogens is 494 g/mol. The minimum atomic E-state index is -0.443. The molecule has 0 N–H and O–H groups in total. The summed E-state index contributed by atoms with van der Waals surface area (Å²) in [6.45, 7) is 2.63. The van der Waals surface area contributed by atoms with E-state index in [1.54, 1.807) is 49.5 Å². The van der Waals surface area contributed by atoms with Crippen LogP contribution in [-0.2, 0) is 11.4 Å². The predicted octanol–water partition coefficient (Wildman–Crippen LogP) is 5.81. The molecule has 0 radical (unpaired) electrons. The van der Waals surface area contributed by atoms with E-state index in [0.29, 0.717) is 28.1 Å². The lowest BCUT2D eigenvalue weighted by atomic mass is 10.1. The third-order valence-electron chi connectivity index (χ3n) is 5.53. The molecule has 0 aromatic heterocycles.